The Bertz CT molecular complexity index is 1490. The quantitative estimate of drug-likeness (QED) is 0.389. The van der Waals surface area contributed by atoms with Gasteiger partial charge in [-0.05, 0) is 61.4 Å². The average molecular weight is 508 g/mol. The zero-order valence-electron chi connectivity index (χ0n) is 19.9. The highest BCUT2D eigenvalue weighted by atomic mass is 32.2. The lowest BCUT2D eigenvalue weighted by molar-refractivity contribution is 0.0691. The van der Waals surface area contributed by atoms with Crippen molar-refractivity contribution in [2.45, 2.75) is 23.8 Å². The van der Waals surface area contributed by atoms with Gasteiger partial charge in [-0.3, -0.25) is 4.79 Å². The molecule has 1 amide bonds. The number of benzene rings is 2. The summed E-state index contributed by atoms with van der Waals surface area (Å²) in [5.74, 6) is 1.51. The normalized spacial score (nSPS) is 14.7. The molecule has 0 saturated carbocycles. The number of aromatic nitrogens is 4. The molecule has 3 heterocycles. The van der Waals surface area contributed by atoms with Gasteiger partial charge in [-0.25, -0.2) is 23.1 Å². The number of rotatable bonds is 6. The van der Waals surface area contributed by atoms with Crippen molar-refractivity contribution in [2.24, 2.45) is 0 Å². The van der Waals surface area contributed by atoms with Gasteiger partial charge < -0.3 is 14.4 Å². The van der Waals surface area contributed by atoms with Gasteiger partial charge in [-0.2, -0.15) is 5.10 Å². The topological polar surface area (TPSA) is 117 Å². The molecule has 4 aromatic rings. The summed E-state index contributed by atoms with van der Waals surface area (Å²) in [6.45, 7) is 1.22. The van der Waals surface area contributed by atoms with Crippen LogP contribution >= 0.6 is 0 Å². The third-order valence-corrected chi connectivity index (χ3v) is 7.38. The fourth-order valence-corrected chi connectivity index (χ4v) is 4.92. The first-order chi connectivity index (χ1) is 17.3. The largest absolute Gasteiger partial charge is 0.497 e. The summed E-state index contributed by atoms with van der Waals surface area (Å²) < 4.78 is 36.3. The van der Waals surface area contributed by atoms with Crippen LogP contribution in [0, 0.1) is 0 Å². The molecule has 0 N–H and O–H groups in total. The number of methoxy groups -OCH3 is 1. The fourth-order valence-electron chi connectivity index (χ4n) is 4.29. The van der Waals surface area contributed by atoms with E-state index >= 15 is 0 Å². The van der Waals surface area contributed by atoms with Gasteiger partial charge in [-0.15, -0.1) is 0 Å². The van der Waals surface area contributed by atoms with Crippen molar-refractivity contribution >= 4 is 26.8 Å². The molecule has 2 aromatic carbocycles. The van der Waals surface area contributed by atoms with E-state index in [9.17, 15) is 13.2 Å². The van der Waals surface area contributed by atoms with Gasteiger partial charge in [0.15, 0.2) is 15.5 Å². The van der Waals surface area contributed by atoms with Crippen molar-refractivity contribution in [1.29, 1.82) is 0 Å². The molecule has 0 aliphatic carbocycles. The van der Waals surface area contributed by atoms with E-state index in [2.05, 4.69) is 15.1 Å². The standard InChI is InChI=1S/C25H25N5O5S/c1-34-19-5-3-17(4-6-19)25(31)29-13-11-18(12-14-29)30-23-22(15-28-30)24(27-16-26-23)35-20-7-9-21(10-8-20)36(2,32)33/h3-10,15-16,18H,11-14H2,1-2H3. The Kier molecular flexibility index (Phi) is 6.31. The Morgan fingerprint density at radius 1 is 0.972 bits per heavy atom. The van der Waals surface area contributed by atoms with Crippen LogP contribution in [0.1, 0.15) is 29.2 Å². The second-order valence-electron chi connectivity index (χ2n) is 8.60. The Balaban J connectivity index is 1.29. The van der Waals surface area contributed by atoms with Crippen LogP contribution in [0.25, 0.3) is 11.0 Å². The molecule has 0 atom stereocenters. The van der Waals surface area contributed by atoms with Crippen molar-refractivity contribution in [3.8, 4) is 17.4 Å². The molecule has 1 aliphatic heterocycles. The molecule has 0 bridgehead atoms. The highest BCUT2D eigenvalue weighted by Crippen LogP contribution is 2.31. The number of carbonyl (C=O) groups is 1. The molecule has 36 heavy (non-hydrogen) atoms. The molecular formula is C25H25N5O5S. The van der Waals surface area contributed by atoms with Gasteiger partial charge in [0, 0.05) is 24.9 Å². The third kappa shape index (κ3) is 4.74. The molecule has 186 valence electrons. The van der Waals surface area contributed by atoms with Gasteiger partial charge in [0.2, 0.25) is 5.88 Å². The fraction of sp³-hybridized carbons (Fsp3) is 0.280. The SMILES string of the molecule is COc1ccc(C(=O)N2CCC(n3ncc4c(Oc5ccc(S(C)(=O)=O)cc5)ncnc43)CC2)cc1. The molecule has 1 aliphatic rings. The van der Waals surface area contributed by atoms with E-state index in [0.29, 0.717) is 47.1 Å². The summed E-state index contributed by atoms with van der Waals surface area (Å²) in [7, 11) is -1.69. The molecule has 10 nitrogen and oxygen atoms in total. The first kappa shape index (κ1) is 23.7. The van der Waals surface area contributed by atoms with E-state index in [1.807, 2.05) is 9.58 Å². The molecule has 1 fully saturated rings. The first-order valence-corrected chi connectivity index (χ1v) is 13.3. The molecule has 0 unspecified atom stereocenters. The van der Waals surface area contributed by atoms with E-state index in [0.717, 1.165) is 19.1 Å². The van der Waals surface area contributed by atoms with Crippen molar-refractivity contribution in [2.75, 3.05) is 26.5 Å². The number of hydrogen-bond donors (Lipinski definition) is 0. The number of ether oxygens (including phenoxy) is 2. The summed E-state index contributed by atoms with van der Waals surface area (Å²) in [5.41, 5.74) is 1.28. The predicted octanol–water partition coefficient (Wildman–Crippen LogP) is 3.51. The van der Waals surface area contributed by atoms with Gasteiger partial charge in [0.1, 0.15) is 23.2 Å². The van der Waals surface area contributed by atoms with Crippen LogP contribution in [0.3, 0.4) is 0 Å². The monoisotopic (exact) mass is 507 g/mol. The summed E-state index contributed by atoms with van der Waals surface area (Å²) in [6.07, 6.45) is 5.73. The van der Waals surface area contributed by atoms with E-state index in [-0.39, 0.29) is 16.8 Å². The molecule has 0 spiro atoms. The predicted molar refractivity (Wildman–Crippen MR) is 132 cm³/mol. The summed E-state index contributed by atoms with van der Waals surface area (Å²) in [6, 6.07) is 13.4. The maximum atomic E-state index is 12.9. The van der Waals surface area contributed by atoms with Crippen molar-refractivity contribution in [3.63, 3.8) is 0 Å². The van der Waals surface area contributed by atoms with Gasteiger partial charge in [0.05, 0.1) is 24.2 Å². The van der Waals surface area contributed by atoms with Crippen LogP contribution < -0.4 is 9.47 Å². The Hall–Kier alpha value is -3.99. The number of amides is 1. The van der Waals surface area contributed by atoms with Crippen LogP contribution in [0.2, 0.25) is 0 Å². The van der Waals surface area contributed by atoms with Crippen molar-refractivity contribution < 1.29 is 22.7 Å². The summed E-state index contributed by atoms with van der Waals surface area (Å²) >= 11 is 0. The second kappa shape index (κ2) is 9.57. The average Bonchev–Trinajstić information content (AvgIpc) is 3.33. The molecule has 1 saturated heterocycles. The number of sulfone groups is 1. The van der Waals surface area contributed by atoms with E-state index < -0.39 is 9.84 Å². The molecular weight excluding hydrogens is 482 g/mol. The molecule has 5 rings (SSSR count). The maximum Gasteiger partial charge on any atom is 0.253 e. The van der Waals surface area contributed by atoms with Crippen LogP contribution in [-0.2, 0) is 9.84 Å². The number of hydrogen-bond acceptors (Lipinski definition) is 8. The minimum Gasteiger partial charge on any atom is -0.497 e. The van der Waals surface area contributed by atoms with E-state index in [1.165, 1.54) is 18.5 Å². The number of nitrogens with zero attached hydrogens (tertiary/aromatic N) is 5. The number of likely N-dealkylation sites (tertiary alicyclic amines) is 1. The van der Waals surface area contributed by atoms with Crippen LogP contribution in [-0.4, -0.2) is 65.4 Å². The highest BCUT2D eigenvalue weighted by Gasteiger charge is 2.27. The summed E-state index contributed by atoms with van der Waals surface area (Å²) in [4.78, 5) is 23.6. The first-order valence-electron chi connectivity index (χ1n) is 11.4. The minimum atomic E-state index is -3.29. The molecule has 2 aromatic heterocycles. The lowest BCUT2D eigenvalue weighted by Crippen LogP contribution is -2.39. The van der Waals surface area contributed by atoms with Crippen LogP contribution in [0.4, 0.5) is 0 Å². The Morgan fingerprint density at radius 3 is 2.28 bits per heavy atom. The van der Waals surface area contributed by atoms with Gasteiger partial charge in [0.25, 0.3) is 5.91 Å². The highest BCUT2D eigenvalue weighted by molar-refractivity contribution is 7.90. The lowest BCUT2D eigenvalue weighted by atomic mass is 10.0. The lowest BCUT2D eigenvalue weighted by Gasteiger charge is -2.32. The van der Waals surface area contributed by atoms with Gasteiger partial charge in [-0.1, -0.05) is 0 Å². The third-order valence-electron chi connectivity index (χ3n) is 6.26. The van der Waals surface area contributed by atoms with Crippen molar-refractivity contribution in [3.05, 3.63) is 66.6 Å². The smallest absolute Gasteiger partial charge is 0.253 e. The number of carbonyl (C=O) groups excluding carboxylic acids is 1. The number of piperidine rings is 1. The van der Waals surface area contributed by atoms with Crippen LogP contribution in [0.15, 0.2) is 66.0 Å². The Morgan fingerprint density at radius 2 is 1.64 bits per heavy atom. The summed E-state index contributed by atoms with van der Waals surface area (Å²) in [5, 5.41) is 5.21. The zero-order valence-corrected chi connectivity index (χ0v) is 20.7. The van der Waals surface area contributed by atoms with E-state index in [1.54, 1.807) is 49.7 Å². The maximum absolute atomic E-state index is 12.9. The molecule has 0 radical (unpaired) electrons. The van der Waals surface area contributed by atoms with Crippen molar-refractivity contribution in [1.82, 2.24) is 24.6 Å². The minimum absolute atomic E-state index is 0.00123. The van der Waals surface area contributed by atoms with E-state index in [4.69, 9.17) is 9.47 Å². The second-order valence-corrected chi connectivity index (χ2v) is 10.6. The Labute approximate surface area is 208 Å². The zero-order chi connectivity index (χ0) is 25.3. The van der Waals surface area contributed by atoms with Crippen LogP contribution in [0.5, 0.6) is 17.4 Å². The van der Waals surface area contributed by atoms with Gasteiger partial charge >= 0.3 is 0 Å². The number of fused-ring (bicyclic) bond motifs is 1. The molecule has 11 heteroatoms.